The van der Waals surface area contributed by atoms with Gasteiger partial charge in [-0.1, -0.05) is 23.4 Å². The Morgan fingerprint density at radius 3 is 2.74 bits per heavy atom. The van der Waals surface area contributed by atoms with Crippen LogP contribution in [0.4, 0.5) is 11.6 Å². The summed E-state index contributed by atoms with van der Waals surface area (Å²) in [7, 11) is 0. The molecule has 3 N–H and O–H groups in total. The van der Waals surface area contributed by atoms with Gasteiger partial charge < -0.3 is 30.2 Å². The molecule has 0 aromatic carbocycles. The average Bonchev–Trinajstić information content (AvgIpc) is 3.16. The second-order valence-electron chi connectivity index (χ2n) is 9.38. The molecule has 1 atom stereocenters. The van der Waals surface area contributed by atoms with Crippen LogP contribution in [0.2, 0.25) is 5.02 Å². The topological polar surface area (TPSA) is 116 Å². The molecule has 3 aliphatic rings. The molecule has 0 amide bonds. The van der Waals surface area contributed by atoms with Crippen LogP contribution in [0, 0.1) is 10.8 Å². The molecule has 3 saturated heterocycles. The number of piperidine rings is 1. The molecular weight excluding hydrogens is 488 g/mol. The van der Waals surface area contributed by atoms with Gasteiger partial charge in [0.25, 0.3) is 0 Å². The van der Waals surface area contributed by atoms with Crippen LogP contribution in [-0.2, 0) is 16.1 Å². The van der Waals surface area contributed by atoms with E-state index >= 15 is 0 Å². The smallest absolute Gasteiger partial charge is 0.152 e. The van der Waals surface area contributed by atoms with E-state index in [-0.39, 0.29) is 18.1 Å². The van der Waals surface area contributed by atoms with E-state index in [1.807, 2.05) is 13.0 Å². The van der Waals surface area contributed by atoms with Gasteiger partial charge in [0.15, 0.2) is 5.82 Å². The molecule has 3 fully saturated rings. The summed E-state index contributed by atoms with van der Waals surface area (Å²) in [6.45, 7) is 5.36. The van der Waals surface area contributed by atoms with E-state index in [1.165, 1.54) is 11.8 Å². The highest BCUT2D eigenvalue weighted by Crippen LogP contribution is 2.41. The molecule has 35 heavy (non-hydrogen) atoms. The predicted molar refractivity (Wildman–Crippen MR) is 136 cm³/mol. The average molecular weight is 519 g/mol. The van der Waals surface area contributed by atoms with Crippen molar-refractivity contribution < 1.29 is 14.6 Å². The number of pyridine rings is 1. The number of aliphatic hydroxyl groups is 1. The van der Waals surface area contributed by atoms with Gasteiger partial charge in [0.1, 0.15) is 16.5 Å². The first-order chi connectivity index (χ1) is 17.0. The molecule has 0 unspecified atom stereocenters. The minimum absolute atomic E-state index is 0.0990. The summed E-state index contributed by atoms with van der Waals surface area (Å²) in [6, 6.07) is 2.15. The molecule has 0 bridgehead atoms. The summed E-state index contributed by atoms with van der Waals surface area (Å²) in [6.07, 6.45) is 6.90. The zero-order valence-corrected chi connectivity index (χ0v) is 21.4. The summed E-state index contributed by atoms with van der Waals surface area (Å²) < 4.78 is 11.2. The summed E-state index contributed by atoms with van der Waals surface area (Å²) in [5.41, 5.74) is 1.09. The van der Waals surface area contributed by atoms with Crippen LogP contribution in [0.5, 0.6) is 0 Å². The molecule has 1 spiro atoms. The molecule has 0 aliphatic carbocycles. The van der Waals surface area contributed by atoms with Crippen LogP contribution in [0.1, 0.15) is 38.3 Å². The largest absolute Gasteiger partial charge is 0.390 e. The lowest BCUT2D eigenvalue weighted by molar-refractivity contribution is 0.0904. The molecule has 2 aromatic rings. The number of hydrogen-bond acceptors (Lipinski definition) is 10. The SMILES string of the molecule is C[C@@H]1OCC2(CCN(c3ncc(Sc4ccnc(NC5CCOCC5)c4Cl)nc3CO)CC2)C1=N. The number of aliphatic hydroxyl groups excluding tert-OH is 1. The van der Waals surface area contributed by atoms with Crippen molar-refractivity contribution in [3.8, 4) is 0 Å². The third-order valence-electron chi connectivity index (χ3n) is 7.19. The number of ether oxygens (including phenoxy) is 2. The van der Waals surface area contributed by atoms with Crippen molar-refractivity contribution in [1.29, 1.82) is 5.41 Å². The van der Waals surface area contributed by atoms with Crippen molar-refractivity contribution in [1.82, 2.24) is 15.0 Å². The van der Waals surface area contributed by atoms with E-state index in [2.05, 4.69) is 20.2 Å². The van der Waals surface area contributed by atoms with Gasteiger partial charge in [-0.25, -0.2) is 15.0 Å². The number of anilines is 2. The van der Waals surface area contributed by atoms with E-state index in [9.17, 15) is 5.11 Å². The Bertz CT molecular complexity index is 1080. The first kappa shape index (κ1) is 24.7. The van der Waals surface area contributed by atoms with E-state index < -0.39 is 0 Å². The fourth-order valence-electron chi connectivity index (χ4n) is 5.01. The lowest BCUT2D eigenvalue weighted by Gasteiger charge is -2.39. The predicted octanol–water partition coefficient (Wildman–Crippen LogP) is 3.78. The molecule has 0 radical (unpaired) electrons. The van der Waals surface area contributed by atoms with E-state index in [1.54, 1.807) is 12.4 Å². The van der Waals surface area contributed by atoms with E-state index in [0.29, 0.717) is 45.7 Å². The first-order valence-electron chi connectivity index (χ1n) is 12.1. The van der Waals surface area contributed by atoms with Crippen LogP contribution in [0.25, 0.3) is 0 Å². The van der Waals surface area contributed by atoms with Crippen molar-refractivity contribution >= 4 is 40.7 Å². The van der Waals surface area contributed by atoms with E-state index in [4.69, 9.17) is 31.5 Å². The van der Waals surface area contributed by atoms with Crippen molar-refractivity contribution in [2.24, 2.45) is 5.41 Å². The van der Waals surface area contributed by atoms with Gasteiger partial charge in [-0.3, -0.25) is 0 Å². The zero-order chi connectivity index (χ0) is 24.4. The van der Waals surface area contributed by atoms with Crippen LogP contribution in [0.15, 0.2) is 28.4 Å². The molecule has 11 heteroatoms. The normalized spacial score (nSPS) is 22.7. The number of nitrogens with zero attached hydrogens (tertiary/aromatic N) is 4. The number of aromatic nitrogens is 3. The standard InChI is InChI=1S/C24H31ClN6O3S/c1-15-21(26)24(14-34-15)5-8-31(9-6-24)23-17(13-32)30-19(12-28-23)35-18-2-7-27-22(20(18)25)29-16-3-10-33-11-4-16/h2,7,12,15-16,26,32H,3-6,8-11,13-14H2,1H3,(H,27,29)/t15-/m0/s1. The fourth-order valence-corrected chi connectivity index (χ4v) is 6.10. The van der Waals surface area contributed by atoms with Gasteiger partial charge in [0.05, 0.1) is 30.5 Å². The molecule has 0 saturated carbocycles. The van der Waals surface area contributed by atoms with Crippen LogP contribution in [0.3, 0.4) is 0 Å². The molecule has 3 aliphatic heterocycles. The summed E-state index contributed by atoms with van der Waals surface area (Å²) in [5.74, 6) is 1.36. The Balaban J connectivity index is 1.28. The van der Waals surface area contributed by atoms with Crippen molar-refractivity contribution in [2.75, 3.05) is 43.1 Å². The second kappa shape index (κ2) is 10.6. The van der Waals surface area contributed by atoms with Gasteiger partial charge >= 0.3 is 0 Å². The maximum absolute atomic E-state index is 10.1. The second-order valence-corrected chi connectivity index (χ2v) is 10.8. The Kier molecular flexibility index (Phi) is 7.45. The number of hydrogen-bond donors (Lipinski definition) is 3. The summed E-state index contributed by atoms with van der Waals surface area (Å²) in [4.78, 5) is 16.8. The number of nitrogens with one attached hydrogen (secondary N) is 2. The summed E-state index contributed by atoms with van der Waals surface area (Å²) in [5, 5.41) is 23.1. The van der Waals surface area contributed by atoms with E-state index in [0.717, 1.165) is 56.9 Å². The van der Waals surface area contributed by atoms with Crippen LogP contribution < -0.4 is 10.2 Å². The highest BCUT2D eigenvalue weighted by atomic mass is 35.5. The van der Waals surface area contributed by atoms with Gasteiger partial charge in [-0.15, -0.1) is 0 Å². The van der Waals surface area contributed by atoms with Crippen molar-refractivity contribution in [3.63, 3.8) is 0 Å². The summed E-state index contributed by atoms with van der Waals surface area (Å²) >= 11 is 8.08. The third-order valence-corrected chi connectivity index (χ3v) is 8.65. The van der Waals surface area contributed by atoms with Crippen LogP contribution in [-0.4, -0.2) is 70.8 Å². The van der Waals surface area contributed by atoms with Gasteiger partial charge in [0.2, 0.25) is 0 Å². The fraction of sp³-hybridized carbons (Fsp3) is 0.583. The minimum Gasteiger partial charge on any atom is -0.390 e. The number of rotatable bonds is 6. The Hall–Kier alpha value is -1.98. The quantitative estimate of drug-likeness (QED) is 0.525. The maximum Gasteiger partial charge on any atom is 0.152 e. The lowest BCUT2D eigenvalue weighted by atomic mass is 9.75. The van der Waals surface area contributed by atoms with Gasteiger partial charge in [-0.2, -0.15) is 0 Å². The van der Waals surface area contributed by atoms with Gasteiger partial charge in [0, 0.05) is 54.6 Å². The highest BCUT2D eigenvalue weighted by molar-refractivity contribution is 7.99. The molecule has 5 heterocycles. The lowest BCUT2D eigenvalue weighted by Crippen LogP contribution is -2.45. The third kappa shape index (κ3) is 5.13. The molecule has 2 aromatic heterocycles. The van der Waals surface area contributed by atoms with Crippen molar-refractivity contribution in [3.05, 3.63) is 29.2 Å². The van der Waals surface area contributed by atoms with Crippen LogP contribution >= 0.6 is 23.4 Å². The number of halogens is 1. The monoisotopic (exact) mass is 518 g/mol. The first-order valence-corrected chi connectivity index (χ1v) is 13.3. The minimum atomic E-state index is -0.199. The molecule has 5 rings (SSSR count). The molecule has 188 valence electrons. The Morgan fingerprint density at radius 2 is 2.06 bits per heavy atom. The Morgan fingerprint density at radius 1 is 1.29 bits per heavy atom. The zero-order valence-electron chi connectivity index (χ0n) is 19.8. The van der Waals surface area contributed by atoms with Gasteiger partial charge in [-0.05, 0) is 38.7 Å². The maximum atomic E-state index is 10.1. The molecular formula is C24H31ClN6O3S. The van der Waals surface area contributed by atoms with Crippen molar-refractivity contribution in [2.45, 2.75) is 61.3 Å². The molecule has 9 nitrogen and oxygen atoms in total. The highest BCUT2D eigenvalue weighted by Gasteiger charge is 2.46. The Labute approximate surface area is 214 Å².